The highest BCUT2D eigenvalue weighted by Crippen LogP contribution is 2.41. The van der Waals surface area contributed by atoms with Gasteiger partial charge in [0.15, 0.2) is 11.6 Å². The summed E-state index contributed by atoms with van der Waals surface area (Å²) < 4.78 is 39.6. The standard InChI is InChI=1S/C19H22F2N2O4S/c1-26-17(24)5-4-14-8-22(19(25)27-14)13-6-15(20)18(16(21)7-13)23-11-2-3-12(23)10-28-9-11/h6-7,11-12,14H,2-5,8-10H2,1H3/t11?,12?,14-/m0/s1. The number of nitrogens with zero attached hydrogens (tertiary/aromatic N) is 2. The lowest BCUT2D eigenvalue weighted by molar-refractivity contribution is -0.141. The molecule has 3 aliphatic rings. The SMILES string of the molecule is COC(=O)CC[C@H]1CN(c2cc(F)c(N3C4CCC3CSC4)c(F)c2)C(=O)O1. The Morgan fingerprint density at radius 1 is 1.25 bits per heavy atom. The van der Waals surface area contributed by atoms with E-state index in [1.165, 1.54) is 24.1 Å². The Bertz CT molecular complexity index is 754. The van der Waals surface area contributed by atoms with Gasteiger partial charge in [-0.15, -0.1) is 0 Å². The molecule has 0 radical (unpaired) electrons. The third-order valence-electron chi connectivity index (χ3n) is 5.58. The van der Waals surface area contributed by atoms with Crippen LogP contribution in [0.15, 0.2) is 12.1 Å². The minimum absolute atomic E-state index is 0.00588. The molecule has 6 nitrogen and oxygen atoms in total. The van der Waals surface area contributed by atoms with Crippen LogP contribution in [-0.4, -0.2) is 55.4 Å². The monoisotopic (exact) mass is 412 g/mol. The molecular formula is C19H22F2N2O4S. The molecule has 3 atom stereocenters. The van der Waals surface area contributed by atoms with E-state index in [1.807, 2.05) is 16.7 Å². The van der Waals surface area contributed by atoms with Crippen LogP contribution in [0.2, 0.25) is 0 Å². The number of hydrogen-bond donors (Lipinski definition) is 0. The summed E-state index contributed by atoms with van der Waals surface area (Å²) in [5, 5.41) is 0. The highest BCUT2D eigenvalue weighted by Gasteiger charge is 2.40. The van der Waals surface area contributed by atoms with Crippen molar-refractivity contribution in [2.75, 3.05) is 35.0 Å². The number of thioether (sulfide) groups is 1. The molecule has 0 N–H and O–H groups in total. The van der Waals surface area contributed by atoms with Gasteiger partial charge >= 0.3 is 12.1 Å². The number of anilines is 2. The number of hydrogen-bond acceptors (Lipinski definition) is 6. The number of halogens is 2. The summed E-state index contributed by atoms with van der Waals surface area (Å²) in [6.07, 6.45) is 1.10. The highest BCUT2D eigenvalue weighted by atomic mass is 32.2. The van der Waals surface area contributed by atoms with Gasteiger partial charge in [-0.2, -0.15) is 11.8 Å². The Kier molecular flexibility index (Phi) is 5.35. The fourth-order valence-electron chi connectivity index (χ4n) is 4.21. The van der Waals surface area contributed by atoms with Gasteiger partial charge in [0.1, 0.15) is 11.8 Å². The number of methoxy groups -OCH3 is 1. The zero-order chi connectivity index (χ0) is 19.8. The van der Waals surface area contributed by atoms with Crippen molar-refractivity contribution in [2.45, 2.75) is 43.9 Å². The van der Waals surface area contributed by atoms with Gasteiger partial charge in [-0.25, -0.2) is 13.6 Å². The van der Waals surface area contributed by atoms with Crippen LogP contribution in [-0.2, 0) is 14.3 Å². The lowest BCUT2D eigenvalue weighted by atomic mass is 10.1. The van der Waals surface area contributed by atoms with E-state index in [-0.39, 0.29) is 36.4 Å². The molecule has 0 aliphatic carbocycles. The lowest BCUT2D eigenvalue weighted by Gasteiger charge is -2.37. The van der Waals surface area contributed by atoms with E-state index in [4.69, 9.17) is 4.74 Å². The number of benzene rings is 1. The number of carbonyl (C=O) groups excluding carboxylic acids is 2. The maximum Gasteiger partial charge on any atom is 0.414 e. The predicted octanol–water partition coefficient (Wildman–Crippen LogP) is 3.33. The van der Waals surface area contributed by atoms with Gasteiger partial charge in [0, 0.05) is 42.1 Å². The van der Waals surface area contributed by atoms with Crippen LogP contribution in [0.5, 0.6) is 0 Å². The number of esters is 1. The molecule has 2 bridgehead atoms. The third kappa shape index (κ3) is 3.52. The van der Waals surface area contributed by atoms with Gasteiger partial charge in [0.25, 0.3) is 0 Å². The minimum atomic E-state index is -0.671. The zero-order valence-electron chi connectivity index (χ0n) is 15.5. The van der Waals surface area contributed by atoms with Gasteiger partial charge in [-0.05, 0) is 19.3 Å². The molecule has 1 aromatic carbocycles. The van der Waals surface area contributed by atoms with Crippen LogP contribution in [0.3, 0.4) is 0 Å². The summed E-state index contributed by atoms with van der Waals surface area (Å²) >= 11 is 1.83. The van der Waals surface area contributed by atoms with Crippen LogP contribution in [0.1, 0.15) is 25.7 Å². The molecule has 4 rings (SSSR count). The first-order valence-electron chi connectivity index (χ1n) is 9.38. The average molecular weight is 412 g/mol. The smallest absolute Gasteiger partial charge is 0.414 e. The number of cyclic esters (lactones) is 1. The first-order valence-corrected chi connectivity index (χ1v) is 10.5. The molecule has 0 saturated carbocycles. The van der Waals surface area contributed by atoms with Crippen molar-refractivity contribution in [1.82, 2.24) is 0 Å². The lowest BCUT2D eigenvalue weighted by Crippen LogP contribution is -2.43. The molecule has 2 unspecified atom stereocenters. The van der Waals surface area contributed by atoms with E-state index < -0.39 is 29.8 Å². The van der Waals surface area contributed by atoms with Gasteiger partial charge in [0.2, 0.25) is 0 Å². The molecule has 3 heterocycles. The largest absolute Gasteiger partial charge is 0.469 e. The van der Waals surface area contributed by atoms with E-state index in [0.717, 1.165) is 24.3 Å². The number of carbonyl (C=O) groups is 2. The van der Waals surface area contributed by atoms with E-state index in [9.17, 15) is 18.4 Å². The second kappa shape index (κ2) is 7.77. The molecule has 3 fully saturated rings. The Labute approximate surface area is 166 Å². The second-order valence-electron chi connectivity index (χ2n) is 7.32. The Balaban J connectivity index is 1.52. The summed E-state index contributed by atoms with van der Waals surface area (Å²) in [6.45, 7) is 0.139. The normalized spacial score (nSPS) is 26.5. The Hall–Kier alpha value is -2.03. The first-order chi connectivity index (χ1) is 13.5. The average Bonchev–Trinajstić information content (AvgIpc) is 3.14. The van der Waals surface area contributed by atoms with Crippen LogP contribution < -0.4 is 9.80 Å². The molecule has 1 amide bonds. The topological polar surface area (TPSA) is 59.1 Å². The number of rotatable bonds is 5. The van der Waals surface area contributed by atoms with E-state index >= 15 is 0 Å². The van der Waals surface area contributed by atoms with Crippen LogP contribution in [0.4, 0.5) is 25.0 Å². The van der Waals surface area contributed by atoms with Crippen molar-refractivity contribution in [1.29, 1.82) is 0 Å². The third-order valence-corrected chi connectivity index (χ3v) is 6.83. The Morgan fingerprint density at radius 3 is 2.50 bits per heavy atom. The minimum Gasteiger partial charge on any atom is -0.469 e. The molecule has 0 aromatic heterocycles. The molecule has 3 saturated heterocycles. The van der Waals surface area contributed by atoms with Crippen molar-refractivity contribution < 1.29 is 27.8 Å². The molecule has 9 heteroatoms. The molecule has 28 heavy (non-hydrogen) atoms. The van der Waals surface area contributed by atoms with Crippen molar-refractivity contribution >= 4 is 35.2 Å². The Morgan fingerprint density at radius 2 is 1.89 bits per heavy atom. The maximum absolute atomic E-state index is 14.9. The van der Waals surface area contributed by atoms with Crippen molar-refractivity contribution in [3.63, 3.8) is 0 Å². The van der Waals surface area contributed by atoms with Gasteiger partial charge in [0.05, 0.1) is 19.3 Å². The summed E-state index contributed by atoms with van der Waals surface area (Å²) in [5.74, 6) is 0.0223. The first kappa shape index (κ1) is 19.3. The second-order valence-corrected chi connectivity index (χ2v) is 8.39. The molecule has 1 aromatic rings. The fourth-order valence-corrected chi connectivity index (χ4v) is 5.55. The van der Waals surface area contributed by atoms with E-state index in [2.05, 4.69) is 4.74 Å². The van der Waals surface area contributed by atoms with Crippen LogP contribution in [0, 0.1) is 11.6 Å². The zero-order valence-corrected chi connectivity index (χ0v) is 16.3. The number of amides is 1. The van der Waals surface area contributed by atoms with E-state index in [0.29, 0.717) is 6.42 Å². The summed E-state index contributed by atoms with van der Waals surface area (Å²) in [7, 11) is 1.29. The quantitative estimate of drug-likeness (QED) is 0.692. The van der Waals surface area contributed by atoms with Crippen LogP contribution in [0.25, 0.3) is 0 Å². The van der Waals surface area contributed by atoms with Crippen molar-refractivity contribution in [3.05, 3.63) is 23.8 Å². The van der Waals surface area contributed by atoms with Gasteiger partial charge in [-0.1, -0.05) is 0 Å². The van der Waals surface area contributed by atoms with Crippen LogP contribution >= 0.6 is 11.8 Å². The number of ether oxygens (including phenoxy) is 2. The molecule has 152 valence electrons. The molecular weight excluding hydrogens is 390 g/mol. The van der Waals surface area contributed by atoms with Crippen molar-refractivity contribution in [3.8, 4) is 0 Å². The summed E-state index contributed by atoms with van der Waals surface area (Å²) in [5.41, 5.74) is 0.134. The van der Waals surface area contributed by atoms with Crippen molar-refractivity contribution in [2.24, 2.45) is 0 Å². The molecule has 3 aliphatic heterocycles. The van der Waals surface area contributed by atoms with Gasteiger partial charge < -0.3 is 14.4 Å². The fraction of sp³-hybridized carbons (Fsp3) is 0.579. The highest BCUT2D eigenvalue weighted by molar-refractivity contribution is 7.99. The number of fused-ring (bicyclic) bond motifs is 2. The maximum atomic E-state index is 14.9. The predicted molar refractivity (Wildman–Crippen MR) is 102 cm³/mol. The summed E-state index contributed by atoms with van der Waals surface area (Å²) in [6, 6.07) is 2.70. The van der Waals surface area contributed by atoms with Gasteiger partial charge in [-0.3, -0.25) is 9.69 Å². The molecule has 0 spiro atoms. The van der Waals surface area contributed by atoms with E-state index in [1.54, 1.807) is 0 Å². The summed E-state index contributed by atoms with van der Waals surface area (Å²) in [4.78, 5) is 26.5.